The first-order valence-electron chi connectivity index (χ1n) is 10.0. The number of benzene rings is 2. The molecule has 0 atom stereocenters. The summed E-state index contributed by atoms with van der Waals surface area (Å²) in [6.07, 6.45) is 2.45. The number of fused-ring (bicyclic) bond motifs is 1. The minimum absolute atomic E-state index is 0.200. The Morgan fingerprint density at radius 1 is 1.00 bits per heavy atom. The second kappa shape index (κ2) is 6.47. The smallest absolute Gasteiger partial charge is 0.154 e. The highest BCUT2D eigenvalue weighted by atomic mass is 15.8. The maximum absolute atomic E-state index is 4.45. The normalized spacial score (nSPS) is 19.2. The maximum atomic E-state index is 4.45. The largest absolute Gasteiger partial charge is 0.247 e. The fraction of sp³-hybridized carbons (Fsp3) is 0.417. The molecule has 0 radical (unpaired) electrons. The van der Waals surface area contributed by atoms with Gasteiger partial charge in [0.2, 0.25) is 0 Å². The number of hydrogen-bond donors (Lipinski definition) is 1. The Bertz CT molecular complexity index is 943. The van der Waals surface area contributed by atoms with Crippen molar-refractivity contribution in [3.05, 3.63) is 70.8 Å². The van der Waals surface area contributed by atoms with Crippen molar-refractivity contribution in [2.75, 3.05) is 11.7 Å². The number of rotatable bonds is 3. The topological polar surface area (TPSA) is 40.0 Å². The number of hydrazine groups is 1. The lowest BCUT2D eigenvalue weighted by molar-refractivity contribution is 0.331. The van der Waals surface area contributed by atoms with E-state index >= 15 is 0 Å². The quantitative estimate of drug-likeness (QED) is 0.710. The molecule has 4 rings (SSSR count). The molecule has 0 amide bonds. The van der Waals surface area contributed by atoms with Crippen molar-refractivity contribution in [2.45, 2.75) is 58.3 Å². The molecule has 1 heterocycles. The summed E-state index contributed by atoms with van der Waals surface area (Å²) in [6, 6.07) is 13.2. The summed E-state index contributed by atoms with van der Waals surface area (Å²) in [6.45, 7) is 16.7. The van der Waals surface area contributed by atoms with Crippen molar-refractivity contribution in [2.24, 2.45) is 10.3 Å². The van der Waals surface area contributed by atoms with Gasteiger partial charge in [-0.1, -0.05) is 63.8 Å². The molecule has 0 saturated carbocycles. The van der Waals surface area contributed by atoms with E-state index in [2.05, 4.69) is 93.5 Å². The van der Waals surface area contributed by atoms with Crippen LogP contribution >= 0.6 is 0 Å². The van der Waals surface area contributed by atoms with Crippen molar-refractivity contribution >= 4 is 11.3 Å². The third-order valence-corrected chi connectivity index (χ3v) is 6.49. The predicted molar refractivity (Wildman–Crippen MR) is 116 cm³/mol. The van der Waals surface area contributed by atoms with Crippen LogP contribution in [0, 0.1) is 6.92 Å². The summed E-state index contributed by atoms with van der Waals surface area (Å²) < 4.78 is 0. The Morgan fingerprint density at radius 3 is 2.18 bits per heavy atom. The molecular weight excluding hydrogens is 344 g/mol. The zero-order valence-corrected chi connectivity index (χ0v) is 17.6. The molecule has 2 aliphatic rings. The molecule has 1 N–H and O–H groups in total. The van der Waals surface area contributed by atoms with Crippen molar-refractivity contribution in [3.8, 4) is 0 Å². The highest BCUT2D eigenvalue weighted by Crippen LogP contribution is 2.47. The summed E-state index contributed by atoms with van der Waals surface area (Å²) >= 11 is 0. The van der Waals surface area contributed by atoms with Crippen molar-refractivity contribution in [1.29, 1.82) is 0 Å². The molecule has 4 heteroatoms. The molecule has 0 bridgehead atoms. The summed E-state index contributed by atoms with van der Waals surface area (Å²) in [5.74, 6) is 0. The number of anilines is 1. The Hall–Kier alpha value is -2.62. The van der Waals surface area contributed by atoms with Gasteiger partial charge in [-0.25, -0.2) is 5.01 Å². The lowest BCUT2D eigenvalue weighted by Gasteiger charge is -2.42. The average molecular weight is 375 g/mol. The molecule has 2 aromatic carbocycles. The highest BCUT2D eigenvalue weighted by molar-refractivity contribution is 5.81. The summed E-state index contributed by atoms with van der Waals surface area (Å²) in [5.41, 5.74) is 12.1. The molecule has 0 aromatic heterocycles. The van der Waals surface area contributed by atoms with Gasteiger partial charge in [0.05, 0.1) is 5.69 Å². The van der Waals surface area contributed by atoms with Gasteiger partial charge in [-0.05, 0) is 76.1 Å². The number of hydrogen-bond acceptors (Lipinski definition) is 4. The molecular formula is C24H30N4. The lowest BCUT2D eigenvalue weighted by Crippen LogP contribution is -2.34. The molecule has 2 aromatic rings. The predicted octanol–water partition coefficient (Wildman–Crippen LogP) is 6.05. The van der Waals surface area contributed by atoms with E-state index in [0.29, 0.717) is 6.67 Å². The third-order valence-electron chi connectivity index (χ3n) is 6.49. The van der Waals surface area contributed by atoms with Gasteiger partial charge in [-0.3, -0.25) is 0 Å². The van der Waals surface area contributed by atoms with E-state index in [1.54, 1.807) is 0 Å². The zero-order valence-electron chi connectivity index (χ0n) is 17.6. The molecule has 1 aliphatic carbocycles. The van der Waals surface area contributed by atoms with Gasteiger partial charge in [-0.2, -0.15) is 5.53 Å². The lowest BCUT2D eigenvalue weighted by atomic mass is 9.62. The van der Waals surface area contributed by atoms with Gasteiger partial charge in [0.25, 0.3) is 0 Å². The molecule has 0 unspecified atom stereocenters. The van der Waals surface area contributed by atoms with E-state index < -0.39 is 0 Å². The van der Waals surface area contributed by atoms with Crippen molar-refractivity contribution in [1.82, 2.24) is 5.53 Å². The van der Waals surface area contributed by atoms with Crippen LogP contribution in [0.15, 0.2) is 53.3 Å². The van der Waals surface area contributed by atoms with Crippen LogP contribution in [-0.2, 0) is 10.8 Å². The van der Waals surface area contributed by atoms with Crippen molar-refractivity contribution in [3.63, 3.8) is 0 Å². The van der Waals surface area contributed by atoms with E-state index in [9.17, 15) is 0 Å². The molecule has 0 saturated heterocycles. The van der Waals surface area contributed by atoms with E-state index in [0.717, 1.165) is 16.8 Å². The first kappa shape index (κ1) is 18.7. The zero-order chi connectivity index (χ0) is 20.1. The molecule has 1 aliphatic heterocycles. The monoisotopic (exact) mass is 374 g/mol. The highest BCUT2D eigenvalue weighted by Gasteiger charge is 2.37. The molecule has 146 valence electrons. The van der Waals surface area contributed by atoms with Crippen molar-refractivity contribution < 1.29 is 0 Å². The van der Waals surface area contributed by atoms with Gasteiger partial charge in [0.1, 0.15) is 0 Å². The van der Waals surface area contributed by atoms with Gasteiger partial charge in [-0.15, -0.1) is 5.11 Å². The van der Waals surface area contributed by atoms with E-state index in [4.69, 9.17) is 0 Å². The standard InChI is InChI=1S/C24H30N4/c1-16-13-21-22(24(5,6)12-11-23(21,3)4)14-20(16)17(2)18-7-9-19(10-8-18)28-15-25-26-27-28/h7-10,13-14H,2,11-12,15H2,1,3-6H3,(H,25,27). The Kier molecular flexibility index (Phi) is 4.33. The van der Waals surface area contributed by atoms with Crippen LogP contribution in [0.4, 0.5) is 5.69 Å². The number of nitrogens with one attached hydrogen (secondary N) is 1. The Labute approximate surface area is 168 Å². The molecule has 28 heavy (non-hydrogen) atoms. The number of nitrogens with zero attached hydrogens (tertiary/aromatic N) is 3. The SMILES string of the molecule is C=C(c1ccc(N2CN=NN2)cc1)c1cc2c(cc1C)C(C)(C)CCC2(C)C. The summed E-state index contributed by atoms with van der Waals surface area (Å²) in [4.78, 5) is 0. The van der Waals surface area contributed by atoms with E-state index in [1.165, 1.54) is 35.1 Å². The molecule has 4 nitrogen and oxygen atoms in total. The van der Waals surface area contributed by atoms with Crippen LogP contribution in [0.5, 0.6) is 0 Å². The van der Waals surface area contributed by atoms with Gasteiger partial charge in [0, 0.05) is 0 Å². The summed E-state index contributed by atoms with van der Waals surface area (Å²) in [7, 11) is 0. The third kappa shape index (κ3) is 3.11. The van der Waals surface area contributed by atoms with Gasteiger partial charge in [0.15, 0.2) is 6.67 Å². The van der Waals surface area contributed by atoms with E-state index in [-0.39, 0.29) is 10.8 Å². The van der Waals surface area contributed by atoms with Gasteiger partial charge >= 0.3 is 0 Å². The molecule has 0 spiro atoms. The minimum Gasteiger partial charge on any atom is -0.247 e. The van der Waals surface area contributed by atoms with Crippen LogP contribution < -0.4 is 10.5 Å². The van der Waals surface area contributed by atoms with Crippen LogP contribution in [-0.4, -0.2) is 6.67 Å². The maximum Gasteiger partial charge on any atom is 0.154 e. The fourth-order valence-electron chi connectivity index (χ4n) is 4.40. The average Bonchev–Trinajstić information content (AvgIpc) is 3.20. The van der Waals surface area contributed by atoms with Crippen LogP contribution in [0.1, 0.15) is 68.4 Å². The van der Waals surface area contributed by atoms with Gasteiger partial charge < -0.3 is 0 Å². The Morgan fingerprint density at radius 2 is 1.61 bits per heavy atom. The Balaban J connectivity index is 1.70. The van der Waals surface area contributed by atoms with Crippen LogP contribution in [0.2, 0.25) is 0 Å². The minimum atomic E-state index is 0.200. The van der Waals surface area contributed by atoms with E-state index in [1.807, 2.05) is 5.01 Å². The van der Waals surface area contributed by atoms with Crippen LogP contribution in [0.3, 0.4) is 0 Å². The summed E-state index contributed by atoms with van der Waals surface area (Å²) in [5, 5.41) is 9.66. The number of aryl methyl sites for hydroxylation is 1. The second-order valence-corrected chi connectivity index (χ2v) is 9.42. The first-order chi connectivity index (χ1) is 13.2. The fourth-order valence-corrected chi connectivity index (χ4v) is 4.40. The van der Waals surface area contributed by atoms with Crippen LogP contribution in [0.25, 0.3) is 5.57 Å². The second-order valence-electron chi connectivity index (χ2n) is 9.42. The molecule has 0 fully saturated rings. The first-order valence-corrected chi connectivity index (χ1v) is 10.0.